The Labute approximate surface area is 123 Å². The van der Waals surface area contributed by atoms with E-state index in [0.29, 0.717) is 11.6 Å². The van der Waals surface area contributed by atoms with Crippen molar-refractivity contribution in [2.24, 2.45) is 10.4 Å². The zero-order chi connectivity index (χ0) is 15.6. The van der Waals surface area contributed by atoms with Crippen LogP contribution in [0.4, 0.5) is 5.69 Å². The monoisotopic (exact) mass is 286 g/mol. The first kappa shape index (κ1) is 15.0. The topological polar surface area (TPSA) is 67.8 Å². The van der Waals surface area contributed by atoms with Crippen LogP contribution >= 0.6 is 0 Å². The molecule has 110 valence electrons. The van der Waals surface area contributed by atoms with Gasteiger partial charge in [0.15, 0.2) is 5.70 Å². The second-order valence-electron chi connectivity index (χ2n) is 5.89. The molecule has 1 aromatic rings. The first-order chi connectivity index (χ1) is 9.75. The standard InChI is InChI=1S/C16H18N2O3/c1-10(19)17-12-7-5-11(6-8-12)9-13-14(20)21-15(18-13)16(2,3)4/h5-9H,1-4H3,(H,17,19)/b13-9-. The molecular weight excluding hydrogens is 268 g/mol. The third-order valence-corrected chi connectivity index (χ3v) is 2.80. The van der Waals surface area contributed by atoms with E-state index < -0.39 is 5.97 Å². The Morgan fingerprint density at radius 3 is 2.33 bits per heavy atom. The van der Waals surface area contributed by atoms with Gasteiger partial charge in [0.2, 0.25) is 11.8 Å². The third kappa shape index (κ3) is 3.78. The van der Waals surface area contributed by atoms with E-state index in [-0.39, 0.29) is 17.0 Å². The lowest BCUT2D eigenvalue weighted by molar-refractivity contribution is -0.130. The van der Waals surface area contributed by atoms with E-state index in [1.165, 1.54) is 6.92 Å². The molecule has 1 heterocycles. The van der Waals surface area contributed by atoms with Crippen molar-refractivity contribution in [3.05, 3.63) is 35.5 Å². The second-order valence-corrected chi connectivity index (χ2v) is 5.89. The molecule has 0 spiro atoms. The number of nitrogens with zero attached hydrogens (tertiary/aromatic N) is 1. The van der Waals surface area contributed by atoms with Gasteiger partial charge in [-0.3, -0.25) is 4.79 Å². The predicted octanol–water partition coefficient (Wildman–Crippen LogP) is 2.99. The Bertz CT molecular complexity index is 634. The molecule has 1 N–H and O–H groups in total. The average Bonchev–Trinajstić information content (AvgIpc) is 2.73. The Morgan fingerprint density at radius 2 is 1.86 bits per heavy atom. The van der Waals surface area contributed by atoms with Gasteiger partial charge in [0.1, 0.15) is 0 Å². The molecule has 0 aromatic heterocycles. The lowest BCUT2D eigenvalue weighted by atomic mass is 9.97. The van der Waals surface area contributed by atoms with E-state index in [1.54, 1.807) is 30.3 Å². The van der Waals surface area contributed by atoms with Crippen LogP contribution in [-0.2, 0) is 14.3 Å². The van der Waals surface area contributed by atoms with Gasteiger partial charge in [-0.2, -0.15) is 0 Å². The molecule has 5 heteroatoms. The van der Waals surface area contributed by atoms with Gasteiger partial charge >= 0.3 is 5.97 Å². The fraction of sp³-hybridized carbons (Fsp3) is 0.312. The van der Waals surface area contributed by atoms with Crippen molar-refractivity contribution in [3.63, 3.8) is 0 Å². The molecule has 0 unspecified atom stereocenters. The van der Waals surface area contributed by atoms with Crippen molar-refractivity contribution in [2.75, 3.05) is 5.32 Å². The highest BCUT2D eigenvalue weighted by atomic mass is 16.6. The lowest BCUT2D eigenvalue weighted by Gasteiger charge is -2.15. The predicted molar refractivity (Wildman–Crippen MR) is 81.7 cm³/mol. The summed E-state index contributed by atoms with van der Waals surface area (Å²) < 4.78 is 5.17. The fourth-order valence-corrected chi connectivity index (χ4v) is 1.75. The maximum absolute atomic E-state index is 11.8. The number of carbonyl (C=O) groups excluding carboxylic acids is 2. The van der Waals surface area contributed by atoms with E-state index >= 15 is 0 Å². The van der Waals surface area contributed by atoms with Crippen molar-refractivity contribution in [1.29, 1.82) is 0 Å². The number of benzene rings is 1. The summed E-state index contributed by atoms with van der Waals surface area (Å²) in [5, 5.41) is 2.68. The van der Waals surface area contributed by atoms with E-state index in [0.717, 1.165) is 5.56 Å². The minimum absolute atomic E-state index is 0.125. The number of esters is 1. The molecule has 1 amide bonds. The molecule has 21 heavy (non-hydrogen) atoms. The first-order valence-electron chi connectivity index (χ1n) is 6.66. The van der Waals surface area contributed by atoms with Crippen molar-refractivity contribution < 1.29 is 14.3 Å². The Hall–Kier alpha value is -2.43. The molecule has 5 nitrogen and oxygen atoms in total. The summed E-state index contributed by atoms with van der Waals surface area (Å²) in [7, 11) is 0. The number of rotatable bonds is 2. The van der Waals surface area contributed by atoms with Gasteiger partial charge in [-0.05, 0) is 23.8 Å². The van der Waals surface area contributed by atoms with Crippen LogP contribution in [0.15, 0.2) is 35.0 Å². The van der Waals surface area contributed by atoms with Gasteiger partial charge in [-0.1, -0.05) is 32.9 Å². The highest BCUT2D eigenvalue weighted by Crippen LogP contribution is 2.25. The zero-order valence-electron chi connectivity index (χ0n) is 12.6. The number of cyclic esters (lactones) is 1. The number of ether oxygens (including phenoxy) is 1. The van der Waals surface area contributed by atoms with Crippen LogP contribution in [0.1, 0.15) is 33.3 Å². The maximum Gasteiger partial charge on any atom is 0.363 e. The molecule has 0 saturated carbocycles. The Balaban J connectivity index is 2.22. The molecule has 0 atom stereocenters. The minimum atomic E-state index is -0.439. The van der Waals surface area contributed by atoms with Gasteiger partial charge in [-0.25, -0.2) is 9.79 Å². The summed E-state index contributed by atoms with van der Waals surface area (Å²) in [5.41, 5.74) is 1.50. The molecule has 0 fully saturated rings. The summed E-state index contributed by atoms with van der Waals surface area (Å²) in [6.07, 6.45) is 1.67. The Morgan fingerprint density at radius 1 is 1.24 bits per heavy atom. The SMILES string of the molecule is CC(=O)Nc1ccc(/C=C2\N=C(C(C)(C)C)OC2=O)cc1. The highest BCUT2D eigenvalue weighted by molar-refractivity contribution is 6.08. The molecule has 1 aliphatic heterocycles. The molecule has 1 aromatic carbocycles. The summed E-state index contributed by atoms with van der Waals surface area (Å²) >= 11 is 0. The average molecular weight is 286 g/mol. The van der Waals surface area contributed by atoms with Crippen molar-refractivity contribution >= 4 is 29.5 Å². The van der Waals surface area contributed by atoms with Crippen molar-refractivity contribution in [3.8, 4) is 0 Å². The number of nitrogens with one attached hydrogen (secondary N) is 1. The minimum Gasteiger partial charge on any atom is -0.406 e. The molecule has 2 rings (SSSR count). The van der Waals surface area contributed by atoms with Crippen LogP contribution in [-0.4, -0.2) is 17.8 Å². The summed E-state index contributed by atoms with van der Waals surface area (Å²) in [5.74, 6) is -0.139. The van der Waals surface area contributed by atoms with Gasteiger partial charge < -0.3 is 10.1 Å². The van der Waals surface area contributed by atoms with E-state index in [2.05, 4.69) is 10.3 Å². The number of carbonyl (C=O) groups is 2. The van der Waals surface area contributed by atoms with Crippen LogP contribution in [0.25, 0.3) is 6.08 Å². The third-order valence-electron chi connectivity index (χ3n) is 2.80. The molecule has 0 aliphatic carbocycles. The Kier molecular flexibility index (Phi) is 3.93. The van der Waals surface area contributed by atoms with Crippen LogP contribution < -0.4 is 5.32 Å². The van der Waals surface area contributed by atoms with E-state index in [4.69, 9.17) is 4.74 Å². The zero-order valence-corrected chi connectivity index (χ0v) is 12.6. The van der Waals surface area contributed by atoms with Crippen LogP contribution in [0, 0.1) is 5.41 Å². The number of hydrogen-bond acceptors (Lipinski definition) is 4. The molecule has 0 saturated heterocycles. The molecular formula is C16H18N2O3. The first-order valence-corrected chi connectivity index (χ1v) is 6.66. The second kappa shape index (κ2) is 5.52. The number of hydrogen-bond donors (Lipinski definition) is 1. The smallest absolute Gasteiger partial charge is 0.363 e. The summed E-state index contributed by atoms with van der Waals surface area (Å²) in [6, 6.07) is 7.14. The van der Waals surface area contributed by atoms with Crippen LogP contribution in [0.2, 0.25) is 0 Å². The number of aliphatic imine (C=N–C) groups is 1. The molecule has 0 bridgehead atoms. The lowest BCUT2D eigenvalue weighted by Crippen LogP contribution is -2.21. The van der Waals surface area contributed by atoms with E-state index in [9.17, 15) is 9.59 Å². The number of anilines is 1. The normalized spacial score (nSPS) is 16.7. The van der Waals surface area contributed by atoms with Gasteiger partial charge in [-0.15, -0.1) is 0 Å². The summed E-state index contributed by atoms with van der Waals surface area (Å²) in [6.45, 7) is 7.26. The van der Waals surface area contributed by atoms with Crippen molar-refractivity contribution in [1.82, 2.24) is 0 Å². The summed E-state index contributed by atoms with van der Waals surface area (Å²) in [4.78, 5) is 27.0. The fourth-order valence-electron chi connectivity index (χ4n) is 1.75. The largest absolute Gasteiger partial charge is 0.406 e. The van der Waals surface area contributed by atoms with E-state index in [1.807, 2.05) is 20.8 Å². The van der Waals surface area contributed by atoms with Crippen molar-refractivity contribution in [2.45, 2.75) is 27.7 Å². The highest BCUT2D eigenvalue weighted by Gasteiger charge is 2.31. The molecule has 0 radical (unpaired) electrons. The van der Waals surface area contributed by atoms with Gasteiger partial charge in [0.05, 0.1) is 0 Å². The van der Waals surface area contributed by atoms with Crippen LogP contribution in [0.5, 0.6) is 0 Å². The maximum atomic E-state index is 11.8. The quantitative estimate of drug-likeness (QED) is 0.671. The van der Waals surface area contributed by atoms with Crippen LogP contribution in [0.3, 0.4) is 0 Å². The van der Waals surface area contributed by atoms with Gasteiger partial charge in [0.25, 0.3) is 0 Å². The van der Waals surface area contributed by atoms with Gasteiger partial charge in [0, 0.05) is 18.0 Å². The number of amides is 1. The molecule has 1 aliphatic rings.